The van der Waals surface area contributed by atoms with Crippen molar-refractivity contribution in [3.8, 4) is 0 Å². The summed E-state index contributed by atoms with van der Waals surface area (Å²) in [6.07, 6.45) is 6.94. The first-order valence-corrected chi connectivity index (χ1v) is 10.3. The molecule has 4 saturated carbocycles. The molecule has 2 N–H and O–H groups in total. The Morgan fingerprint density at radius 2 is 1.76 bits per heavy atom. The van der Waals surface area contributed by atoms with Crippen LogP contribution in [0.5, 0.6) is 0 Å². The predicted octanol–water partition coefficient (Wildman–Crippen LogP) is 3.66. The van der Waals surface area contributed by atoms with Gasteiger partial charge in [-0.1, -0.05) is 13.8 Å². The topological polar surface area (TPSA) is 57.5 Å². The van der Waals surface area contributed by atoms with Crippen molar-refractivity contribution in [3.63, 3.8) is 0 Å². The summed E-state index contributed by atoms with van der Waals surface area (Å²) < 4.78 is 16.7. The van der Waals surface area contributed by atoms with Gasteiger partial charge in [0, 0.05) is 11.3 Å². The van der Waals surface area contributed by atoms with E-state index in [1.54, 1.807) is 0 Å². The van der Waals surface area contributed by atoms with Crippen molar-refractivity contribution in [1.29, 1.82) is 0 Å². The highest BCUT2D eigenvalue weighted by atomic mass is 19.1. The molecule has 0 radical (unpaired) electrons. The maximum Gasteiger partial charge on any atom is 0.161 e. The zero-order valence-corrected chi connectivity index (χ0v) is 15.6. The number of fused-ring (bicyclic) bond motifs is 5. The van der Waals surface area contributed by atoms with Crippen LogP contribution in [0.25, 0.3) is 0 Å². The average Bonchev–Trinajstić information content (AvgIpc) is 2.93. The lowest BCUT2D eigenvalue weighted by atomic mass is 9.43. The quantitative estimate of drug-likeness (QED) is 0.797. The smallest absolute Gasteiger partial charge is 0.161 e. The lowest BCUT2D eigenvalue weighted by molar-refractivity contribution is -0.202. The number of rotatable bonds is 2. The van der Waals surface area contributed by atoms with Gasteiger partial charge in [-0.05, 0) is 81.0 Å². The summed E-state index contributed by atoms with van der Waals surface area (Å²) >= 11 is 0. The number of Topliss-reactive ketones (excluding diaryl/α,β-unsaturated/α-hetero) is 1. The molecule has 0 aromatic heterocycles. The first kappa shape index (κ1) is 17.9. The van der Waals surface area contributed by atoms with E-state index < -0.39 is 5.67 Å². The molecule has 142 valence electrons. The molecule has 0 aliphatic heterocycles. The minimum atomic E-state index is -1.16. The van der Waals surface area contributed by atoms with Crippen molar-refractivity contribution in [1.82, 2.24) is 0 Å². The fourth-order valence-electron chi connectivity index (χ4n) is 7.76. The molecule has 3 nitrogen and oxygen atoms in total. The Morgan fingerprint density at radius 1 is 1.04 bits per heavy atom. The third kappa shape index (κ3) is 2.25. The molecule has 0 amide bonds. The molecular formula is C21H33FO3. The van der Waals surface area contributed by atoms with E-state index in [-0.39, 0.29) is 53.0 Å². The van der Waals surface area contributed by atoms with Crippen molar-refractivity contribution >= 4 is 5.78 Å². The largest absolute Gasteiger partial charge is 0.393 e. The molecule has 8 atom stereocenters. The molecule has 4 aliphatic rings. The molecule has 0 unspecified atom stereocenters. The number of ketones is 1. The van der Waals surface area contributed by atoms with Crippen molar-refractivity contribution in [2.24, 2.45) is 34.5 Å². The molecule has 0 heterocycles. The Morgan fingerprint density at radius 3 is 2.48 bits per heavy atom. The van der Waals surface area contributed by atoms with Crippen LogP contribution >= 0.6 is 0 Å². The van der Waals surface area contributed by atoms with Crippen LogP contribution < -0.4 is 0 Å². The summed E-state index contributed by atoms with van der Waals surface area (Å²) in [5.41, 5.74) is -1.62. The van der Waals surface area contributed by atoms with Gasteiger partial charge in [0.25, 0.3) is 0 Å². The normalized spacial score (nSPS) is 55.2. The van der Waals surface area contributed by atoms with Crippen LogP contribution in [0.4, 0.5) is 4.39 Å². The minimum absolute atomic E-state index is 0.0410. The third-order valence-corrected chi connectivity index (χ3v) is 9.28. The van der Waals surface area contributed by atoms with E-state index in [1.807, 2.05) is 0 Å². The number of hydrogen-bond donors (Lipinski definition) is 2. The van der Waals surface area contributed by atoms with Crippen LogP contribution in [0.2, 0.25) is 0 Å². The van der Waals surface area contributed by atoms with Crippen LogP contribution in [0.1, 0.15) is 71.6 Å². The first-order valence-electron chi connectivity index (χ1n) is 10.3. The Labute approximate surface area is 150 Å². The molecule has 0 aromatic rings. The van der Waals surface area contributed by atoms with E-state index in [4.69, 9.17) is 0 Å². The second kappa shape index (κ2) is 5.76. The molecule has 4 heteroatoms. The molecule has 0 spiro atoms. The highest BCUT2D eigenvalue weighted by molar-refractivity contribution is 5.83. The van der Waals surface area contributed by atoms with Crippen LogP contribution in [0.3, 0.4) is 0 Å². The molecule has 0 aromatic carbocycles. The number of carbonyl (C=O) groups excluding carboxylic acids is 1. The lowest BCUT2D eigenvalue weighted by Crippen LogP contribution is -2.63. The zero-order chi connectivity index (χ0) is 18.0. The Bertz CT molecular complexity index is 565. The fourth-order valence-corrected chi connectivity index (χ4v) is 7.76. The van der Waals surface area contributed by atoms with Gasteiger partial charge in [-0.2, -0.15) is 0 Å². The van der Waals surface area contributed by atoms with E-state index in [2.05, 4.69) is 13.8 Å². The van der Waals surface area contributed by atoms with Crippen LogP contribution in [0, 0.1) is 34.5 Å². The molecule has 4 aliphatic carbocycles. The molecule has 4 rings (SSSR count). The van der Waals surface area contributed by atoms with E-state index in [0.717, 1.165) is 51.4 Å². The molecule has 0 saturated heterocycles. The monoisotopic (exact) mass is 352 g/mol. The third-order valence-electron chi connectivity index (χ3n) is 9.28. The summed E-state index contributed by atoms with van der Waals surface area (Å²) in [5.74, 6) is 0.455. The van der Waals surface area contributed by atoms with Gasteiger partial charge in [-0.3, -0.25) is 4.79 Å². The van der Waals surface area contributed by atoms with Gasteiger partial charge in [0.15, 0.2) is 5.78 Å². The van der Waals surface area contributed by atoms with Gasteiger partial charge in [0.1, 0.15) is 12.3 Å². The van der Waals surface area contributed by atoms with Crippen LogP contribution in [0.15, 0.2) is 0 Å². The highest BCUT2D eigenvalue weighted by Gasteiger charge is 2.68. The molecule has 0 bridgehead atoms. The summed E-state index contributed by atoms with van der Waals surface area (Å²) in [5, 5.41) is 19.4. The van der Waals surface area contributed by atoms with Gasteiger partial charge < -0.3 is 10.2 Å². The van der Waals surface area contributed by atoms with Crippen LogP contribution in [-0.2, 0) is 4.79 Å². The maximum atomic E-state index is 16.7. The van der Waals surface area contributed by atoms with E-state index >= 15 is 4.39 Å². The Hall–Kier alpha value is -0.480. The van der Waals surface area contributed by atoms with Crippen LogP contribution in [-0.4, -0.2) is 34.4 Å². The number of aliphatic hydroxyl groups excluding tert-OH is 2. The highest BCUT2D eigenvalue weighted by Crippen LogP contribution is 2.70. The molecule has 4 fully saturated rings. The number of hydrogen-bond acceptors (Lipinski definition) is 3. The fraction of sp³-hybridized carbons (Fsp3) is 0.952. The summed E-state index contributed by atoms with van der Waals surface area (Å²) in [6, 6.07) is 0. The van der Waals surface area contributed by atoms with Gasteiger partial charge in [0.2, 0.25) is 0 Å². The second-order valence-corrected chi connectivity index (χ2v) is 9.96. The summed E-state index contributed by atoms with van der Waals surface area (Å²) in [7, 11) is 0. The van der Waals surface area contributed by atoms with E-state index in [0.29, 0.717) is 6.42 Å². The number of halogens is 1. The van der Waals surface area contributed by atoms with E-state index in [9.17, 15) is 15.0 Å². The van der Waals surface area contributed by atoms with Crippen molar-refractivity contribution in [3.05, 3.63) is 0 Å². The number of carbonyl (C=O) groups is 1. The van der Waals surface area contributed by atoms with Crippen molar-refractivity contribution in [2.75, 3.05) is 6.61 Å². The average molecular weight is 352 g/mol. The SMILES string of the molecule is C[C@]12CC[C@@]3(F)[C@@H](CC[C@H]4C[C@H](O)CC[C@@]43C)[C@@H]1CC[C@@H]2C(=O)CO. The second-order valence-electron chi connectivity index (χ2n) is 9.96. The number of aliphatic hydroxyl groups is 2. The minimum Gasteiger partial charge on any atom is -0.393 e. The Kier molecular flexibility index (Phi) is 4.12. The summed E-state index contributed by atoms with van der Waals surface area (Å²) in [6.45, 7) is 3.95. The standard InChI is InChI=1S/C21H33FO3/c1-19-9-10-21(22)16(15(19)5-6-17(19)18(25)12-23)4-3-13-11-14(24)7-8-20(13,21)2/h13-17,23-24H,3-12H2,1-2H3/t13-,14+,15-,16-,17+,19-,20-,21+/m0/s1. The molecular weight excluding hydrogens is 319 g/mol. The summed E-state index contributed by atoms with van der Waals surface area (Å²) in [4.78, 5) is 12.3. The predicted molar refractivity (Wildman–Crippen MR) is 93.7 cm³/mol. The van der Waals surface area contributed by atoms with Gasteiger partial charge in [-0.25, -0.2) is 4.39 Å². The van der Waals surface area contributed by atoms with E-state index in [1.165, 1.54) is 0 Å². The van der Waals surface area contributed by atoms with Gasteiger partial charge in [-0.15, -0.1) is 0 Å². The van der Waals surface area contributed by atoms with Crippen molar-refractivity contribution < 1.29 is 19.4 Å². The van der Waals surface area contributed by atoms with Gasteiger partial charge >= 0.3 is 0 Å². The maximum absolute atomic E-state index is 16.7. The lowest BCUT2D eigenvalue weighted by Gasteiger charge is -2.63. The molecule has 25 heavy (non-hydrogen) atoms. The Balaban J connectivity index is 1.66. The zero-order valence-electron chi connectivity index (χ0n) is 15.6. The number of alkyl halides is 1. The van der Waals surface area contributed by atoms with Crippen molar-refractivity contribution in [2.45, 2.75) is 83.4 Å². The first-order chi connectivity index (χ1) is 11.8. The van der Waals surface area contributed by atoms with Gasteiger partial charge in [0.05, 0.1) is 6.10 Å².